The van der Waals surface area contributed by atoms with Gasteiger partial charge in [-0.1, -0.05) is 31.9 Å². The maximum Gasteiger partial charge on any atom is 0.108 e. The molecule has 1 heterocycles. The molecule has 1 aromatic heterocycles. The van der Waals surface area contributed by atoms with Crippen molar-refractivity contribution in [3.63, 3.8) is 0 Å². The van der Waals surface area contributed by atoms with Crippen molar-refractivity contribution >= 4 is 21.6 Å². The van der Waals surface area contributed by atoms with Crippen LogP contribution >= 0.6 is 11.3 Å². The highest BCUT2D eigenvalue weighted by molar-refractivity contribution is 7.18. The quantitative estimate of drug-likeness (QED) is 0.903. The Labute approximate surface area is 119 Å². The molecular weight excluding hydrogens is 252 g/mol. The number of hydrogen-bond donors (Lipinski definition) is 1. The predicted molar refractivity (Wildman–Crippen MR) is 82.4 cm³/mol. The van der Waals surface area contributed by atoms with E-state index in [1.165, 1.54) is 35.4 Å². The summed E-state index contributed by atoms with van der Waals surface area (Å²) in [5.41, 5.74) is 1.13. The van der Waals surface area contributed by atoms with Crippen LogP contribution in [0.1, 0.15) is 37.6 Å². The van der Waals surface area contributed by atoms with Gasteiger partial charge in [-0.2, -0.15) is 0 Å². The Morgan fingerprint density at radius 2 is 2.21 bits per heavy atom. The Morgan fingerprint density at radius 1 is 1.32 bits per heavy atom. The molecule has 0 radical (unpaired) electrons. The average molecular weight is 274 g/mol. The Hall–Kier alpha value is -0.930. The minimum atomic E-state index is 0.873. The van der Waals surface area contributed by atoms with Crippen LogP contribution in [0.3, 0.4) is 0 Å². The van der Waals surface area contributed by atoms with E-state index in [1.54, 1.807) is 0 Å². The molecule has 0 spiro atoms. The Bertz CT molecular complexity index is 501. The van der Waals surface area contributed by atoms with Crippen LogP contribution < -0.4 is 5.32 Å². The molecule has 1 aliphatic rings. The molecule has 2 unspecified atom stereocenters. The first-order valence-corrected chi connectivity index (χ1v) is 8.18. The number of nitrogens with one attached hydrogen (secondary N) is 1. The van der Waals surface area contributed by atoms with Crippen molar-refractivity contribution in [2.75, 3.05) is 6.54 Å². The van der Waals surface area contributed by atoms with Gasteiger partial charge in [0.1, 0.15) is 5.01 Å². The summed E-state index contributed by atoms with van der Waals surface area (Å²) >= 11 is 1.81. The second-order valence-electron chi connectivity index (χ2n) is 5.84. The fourth-order valence-corrected chi connectivity index (χ4v) is 4.06. The number of rotatable bonds is 4. The summed E-state index contributed by atoms with van der Waals surface area (Å²) in [6, 6.07) is 8.39. The Morgan fingerprint density at radius 3 is 3.05 bits per heavy atom. The number of fused-ring (bicyclic) bond motifs is 1. The molecule has 0 aliphatic heterocycles. The van der Waals surface area contributed by atoms with Crippen molar-refractivity contribution in [2.45, 2.75) is 39.2 Å². The molecule has 3 rings (SSSR count). The third-order valence-electron chi connectivity index (χ3n) is 4.09. The number of aromatic nitrogens is 1. The fourth-order valence-electron chi connectivity index (χ4n) is 3.12. The topological polar surface area (TPSA) is 24.9 Å². The molecule has 2 aromatic rings. The lowest BCUT2D eigenvalue weighted by Gasteiger charge is -2.26. The van der Waals surface area contributed by atoms with Gasteiger partial charge in [-0.05, 0) is 43.4 Å². The summed E-state index contributed by atoms with van der Waals surface area (Å²) in [7, 11) is 0. The van der Waals surface area contributed by atoms with Crippen LogP contribution in [-0.2, 0) is 6.54 Å². The van der Waals surface area contributed by atoms with Crippen molar-refractivity contribution in [1.82, 2.24) is 10.3 Å². The fraction of sp³-hybridized carbons (Fsp3) is 0.562. The van der Waals surface area contributed by atoms with Gasteiger partial charge in [0.15, 0.2) is 0 Å². The number of para-hydroxylation sites is 1. The first-order valence-electron chi connectivity index (χ1n) is 7.36. The second-order valence-corrected chi connectivity index (χ2v) is 6.96. The lowest BCUT2D eigenvalue weighted by Crippen LogP contribution is -2.26. The number of nitrogens with zero attached hydrogens (tertiary/aromatic N) is 1. The summed E-state index contributed by atoms with van der Waals surface area (Å²) < 4.78 is 1.30. The summed E-state index contributed by atoms with van der Waals surface area (Å²) in [4.78, 5) is 4.67. The van der Waals surface area contributed by atoms with Gasteiger partial charge in [0.25, 0.3) is 0 Å². The van der Waals surface area contributed by atoms with Crippen LogP contribution in [0.5, 0.6) is 0 Å². The van der Waals surface area contributed by atoms with Gasteiger partial charge >= 0.3 is 0 Å². The maximum atomic E-state index is 4.67. The van der Waals surface area contributed by atoms with E-state index in [-0.39, 0.29) is 0 Å². The van der Waals surface area contributed by atoms with E-state index in [9.17, 15) is 0 Å². The normalized spacial score (nSPS) is 23.8. The highest BCUT2D eigenvalue weighted by Crippen LogP contribution is 2.28. The molecule has 1 fully saturated rings. The molecule has 1 aliphatic carbocycles. The molecule has 0 bridgehead atoms. The van der Waals surface area contributed by atoms with Gasteiger partial charge in [-0.15, -0.1) is 11.3 Å². The van der Waals surface area contributed by atoms with Gasteiger partial charge in [-0.25, -0.2) is 4.98 Å². The first kappa shape index (κ1) is 13.1. The lowest BCUT2D eigenvalue weighted by atomic mass is 9.82. The molecule has 0 saturated heterocycles. The third kappa shape index (κ3) is 3.34. The summed E-state index contributed by atoms with van der Waals surface area (Å²) in [6.07, 6.45) is 5.63. The molecule has 2 atom stereocenters. The number of thiazole rings is 1. The zero-order valence-electron chi connectivity index (χ0n) is 11.6. The van der Waals surface area contributed by atoms with E-state index in [0.29, 0.717) is 0 Å². The van der Waals surface area contributed by atoms with E-state index in [0.717, 1.165) is 30.4 Å². The molecule has 1 aromatic carbocycles. The van der Waals surface area contributed by atoms with Gasteiger partial charge < -0.3 is 5.32 Å². The second kappa shape index (κ2) is 6.02. The van der Waals surface area contributed by atoms with Crippen molar-refractivity contribution in [3.05, 3.63) is 29.3 Å². The molecule has 1 saturated carbocycles. The molecule has 3 heteroatoms. The number of hydrogen-bond acceptors (Lipinski definition) is 3. The van der Waals surface area contributed by atoms with Gasteiger partial charge in [0.05, 0.1) is 10.2 Å². The van der Waals surface area contributed by atoms with Crippen molar-refractivity contribution in [1.29, 1.82) is 0 Å². The molecule has 1 N–H and O–H groups in total. The van der Waals surface area contributed by atoms with Gasteiger partial charge in [-0.3, -0.25) is 0 Å². The highest BCUT2D eigenvalue weighted by Gasteiger charge is 2.18. The van der Waals surface area contributed by atoms with Crippen LogP contribution in [0.25, 0.3) is 10.2 Å². The molecule has 2 nitrogen and oxygen atoms in total. The minimum Gasteiger partial charge on any atom is -0.310 e. The van der Waals surface area contributed by atoms with Gasteiger partial charge in [0, 0.05) is 6.54 Å². The summed E-state index contributed by atoms with van der Waals surface area (Å²) in [5.74, 6) is 1.79. The smallest absolute Gasteiger partial charge is 0.108 e. The van der Waals surface area contributed by atoms with Crippen molar-refractivity contribution in [3.8, 4) is 0 Å². The van der Waals surface area contributed by atoms with Crippen molar-refractivity contribution in [2.24, 2.45) is 11.8 Å². The third-order valence-corrected chi connectivity index (χ3v) is 5.13. The van der Waals surface area contributed by atoms with E-state index < -0.39 is 0 Å². The summed E-state index contributed by atoms with van der Waals surface area (Å²) in [6.45, 7) is 4.46. The van der Waals surface area contributed by atoms with Crippen LogP contribution in [0.4, 0.5) is 0 Å². The molecule has 19 heavy (non-hydrogen) atoms. The van der Waals surface area contributed by atoms with Crippen LogP contribution in [0.2, 0.25) is 0 Å². The minimum absolute atomic E-state index is 0.873. The van der Waals surface area contributed by atoms with E-state index >= 15 is 0 Å². The summed E-state index contributed by atoms with van der Waals surface area (Å²) in [5, 5.41) is 4.81. The molecule has 0 amide bonds. The zero-order chi connectivity index (χ0) is 13.1. The Balaban J connectivity index is 1.51. The standard InChI is InChI=1S/C16H22N2S/c1-12-5-4-6-13(9-12)10-17-11-16-18-14-7-2-3-8-15(14)19-16/h2-3,7-8,12-13,17H,4-6,9-11H2,1H3. The lowest BCUT2D eigenvalue weighted by molar-refractivity contribution is 0.274. The largest absolute Gasteiger partial charge is 0.310 e. The molecular formula is C16H22N2S. The average Bonchev–Trinajstić information content (AvgIpc) is 2.81. The van der Waals surface area contributed by atoms with Gasteiger partial charge in [0.2, 0.25) is 0 Å². The van der Waals surface area contributed by atoms with Crippen molar-refractivity contribution < 1.29 is 0 Å². The van der Waals surface area contributed by atoms with Crippen LogP contribution in [-0.4, -0.2) is 11.5 Å². The maximum absolute atomic E-state index is 4.67. The SMILES string of the molecule is CC1CCCC(CNCc2nc3ccccc3s2)C1. The predicted octanol–water partition coefficient (Wildman–Crippen LogP) is 4.21. The zero-order valence-corrected chi connectivity index (χ0v) is 12.4. The van der Waals surface area contributed by atoms with Crippen LogP contribution in [0.15, 0.2) is 24.3 Å². The molecule has 102 valence electrons. The first-order chi connectivity index (χ1) is 9.31. The monoisotopic (exact) mass is 274 g/mol. The highest BCUT2D eigenvalue weighted by atomic mass is 32.1. The van der Waals surface area contributed by atoms with E-state index in [1.807, 2.05) is 11.3 Å². The van der Waals surface area contributed by atoms with E-state index in [4.69, 9.17) is 0 Å². The van der Waals surface area contributed by atoms with Crippen LogP contribution in [0, 0.1) is 11.8 Å². The Kier molecular flexibility index (Phi) is 4.14. The van der Waals surface area contributed by atoms with E-state index in [2.05, 4.69) is 41.5 Å². The number of benzene rings is 1.